The number of hydrogen-bond acceptors (Lipinski definition) is 6. The van der Waals surface area contributed by atoms with Crippen LogP contribution in [0, 0.1) is 22.7 Å². The first kappa shape index (κ1) is 24.5. The van der Waals surface area contributed by atoms with E-state index in [0.717, 1.165) is 18.4 Å². The topological polar surface area (TPSA) is 82.1 Å². The highest BCUT2D eigenvalue weighted by molar-refractivity contribution is 5.92. The smallest absolute Gasteiger partial charge is 0.284 e. The van der Waals surface area contributed by atoms with Crippen LogP contribution in [0.1, 0.15) is 85.0 Å². The van der Waals surface area contributed by atoms with Crippen molar-refractivity contribution >= 4 is 11.6 Å². The molecule has 0 aromatic heterocycles. The molecule has 1 N–H and O–H groups in total. The molecule has 4 fully saturated rings. The van der Waals surface area contributed by atoms with Crippen LogP contribution in [0.25, 0.3) is 0 Å². The monoisotopic (exact) mass is 478 g/mol. The lowest BCUT2D eigenvalue weighted by Gasteiger charge is -2.64. The van der Waals surface area contributed by atoms with Crippen LogP contribution in [-0.4, -0.2) is 53.7 Å². The summed E-state index contributed by atoms with van der Waals surface area (Å²) in [5, 5.41) is 11.6. The predicted octanol–water partition coefficient (Wildman–Crippen LogP) is 4.43. The van der Waals surface area contributed by atoms with Gasteiger partial charge in [0.25, 0.3) is 5.97 Å². The zero-order valence-corrected chi connectivity index (χ0v) is 21.0. The fourth-order valence-corrected chi connectivity index (χ4v) is 8.55. The van der Waals surface area contributed by atoms with E-state index in [9.17, 15) is 14.7 Å². The fraction of sp³-hybridized carbons (Fsp3) is 0.852. The van der Waals surface area contributed by atoms with E-state index in [2.05, 4.69) is 6.92 Å². The molecule has 0 aromatic carbocycles. The molecular formula is C27H39FO6. The van der Waals surface area contributed by atoms with E-state index >= 15 is 4.39 Å². The van der Waals surface area contributed by atoms with Crippen molar-refractivity contribution in [3.8, 4) is 0 Å². The predicted molar refractivity (Wildman–Crippen MR) is 122 cm³/mol. The standard InChI is InChI=1S/C27H39FO6/c1-5-6-11-26(32-4)33-16-22(31)25(34-26)13-10-19-20-8-7-17-14-18(29)9-12-23(17,2)27(20,28)21(30)15-24(19,25)3/h14,19-21,30H,5-13,15-16H2,1-4H3/t19-,20-,21-,23-,24-,25-,26?,27-/m0/s1. The second-order valence-electron chi connectivity index (χ2n) is 11.8. The van der Waals surface area contributed by atoms with Gasteiger partial charge in [-0.3, -0.25) is 9.59 Å². The zero-order valence-electron chi connectivity index (χ0n) is 21.0. The van der Waals surface area contributed by atoms with E-state index in [-0.39, 0.29) is 30.5 Å². The molecule has 1 aliphatic heterocycles. The normalized spacial score (nSPS) is 50.5. The number of allylic oxidation sites excluding steroid dienone is 1. The summed E-state index contributed by atoms with van der Waals surface area (Å²) in [6.07, 6.45) is 5.87. The molecule has 34 heavy (non-hydrogen) atoms. The third-order valence-electron chi connectivity index (χ3n) is 10.5. The lowest BCUT2D eigenvalue weighted by atomic mass is 9.43. The van der Waals surface area contributed by atoms with Gasteiger partial charge < -0.3 is 19.3 Å². The van der Waals surface area contributed by atoms with Gasteiger partial charge in [0, 0.05) is 36.7 Å². The number of hydrogen-bond donors (Lipinski definition) is 1. The number of alkyl halides is 1. The quantitative estimate of drug-likeness (QED) is 0.644. The Morgan fingerprint density at radius 2 is 1.94 bits per heavy atom. The van der Waals surface area contributed by atoms with Crippen molar-refractivity contribution in [2.75, 3.05) is 13.7 Å². The fourth-order valence-electron chi connectivity index (χ4n) is 8.55. The minimum Gasteiger partial charge on any atom is -0.390 e. The first-order valence-electron chi connectivity index (χ1n) is 13.1. The Hall–Kier alpha value is -1.15. The SMILES string of the molecule is CCCCC1(OC)OCC(=O)[C@]2(CC[C@H]3[C@@H]4CCC5=CC(=O)CC[C@]5(C)[C@@]4(F)[C@@H](O)C[C@@]32C)O1. The van der Waals surface area contributed by atoms with Crippen molar-refractivity contribution in [2.24, 2.45) is 22.7 Å². The van der Waals surface area contributed by atoms with Gasteiger partial charge in [0.15, 0.2) is 11.6 Å². The van der Waals surface area contributed by atoms with Crippen LogP contribution in [0.3, 0.4) is 0 Å². The summed E-state index contributed by atoms with van der Waals surface area (Å²) in [7, 11) is 1.54. The number of carbonyl (C=O) groups is 2. The average molecular weight is 479 g/mol. The number of rotatable bonds is 4. The average Bonchev–Trinajstić information content (AvgIpc) is 3.08. The number of Topliss-reactive ketones (excluding diaryl/α,β-unsaturated/α-hetero) is 1. The van der Waals surface area contributed by atoms with Crippen molar-refractivity contribution < 1.29 is 33.3 Å². The Kier molecular flexibility index (Phi) is 5.72. The number of carbonyl (C=O) groups excluding carboxylic acids is 2. The molecule has 0 bridgehead atoms. The Morgan fingerprint density at radius 3 is 2.65 bits per heavy atom. The van der Waals surface area contributed by atoms with Crippen molar-refractivity contribution in [2.45, 2.75) is 108 Å². The summed E-state index contributed by atoms with van der Waals surface area (Å²) in [5.41, 5.74) is -3.75. The summed E-state index contributed by atoms with van der Waals surface area (Å²) in [6, 6.07) is 0. The summed E-state index contributed by atoms with van der Waals surface area (Å²) < 4.78 is 35.4. The van der Waals surface area contributed by atoms with E-state index in [1.165, 1.54) is 7.11 Å². The lowest BCUT2D eigenvalue weighted by molar-refractivity contribution is -0.427. The van der Waals surface area contributed by atoms with Gasteiger partial charge in [0.05, 0.1) is 6.10 Å². The van der Waals surface area contributed by atoms with E-state index in [0.29, 0.717) is 44.9 Å². The number of ketones is 2. The minimum absolute atomic E-state index is 0.0497. The van der Waals surface area contributed by atoms with Gasteiger partial charge in [-0.15, -0.1) is 0 Å². The molecule has 0 radical (unpaired) electrons. The molecule has 1 saturated heterocycles. The first-order valence-corrected chi connectivity index (χ1v) is 13.1. The zero-order chi connectivity index (χ0) is 24.6. The van der Waals surface area contributed by atoms with Crippen LogP contribution in [0.4, 0.5) is 4.39 Å². The number of halogens is 1. The van der Waals surface area contributed by atoms with Crippen molar-refractivity contribution in [1.29, 1.82) is 0 Å². The number of methoxy groups -OCH3 is 1. The molecule has 8 atom stereocenters. The largest absolute Gasteiger partial charge is 0.390 e. The number of unbranched alkanes of at least 4 members (excludes halogenated alkanes) is 1. The molecule has 4 aliphatic carbocycles. The van der Waals surface area contributed by atoms with Crippen molar-refractivity contribution in [3.63, 3.8) is 0 Å². The molecule has 0 amide bonds. The molecule has 6 nitrogen and oxygen atoms in total. The van der Waals surface area contributed by atoms with Crippen LogP contribution in [-0.2, 0) is 23.8 Å². The van der Waals surface area contributed by atoms with Crippen molar-refractivity contribution in [1.82, 2.24) is 0 Å². The summed E-state index contributed by atoms with van der Waals surface area (Å²) in [6.45, 7) is 5.87. The summed E-state index contributed by atoms with van der Waals surface area (Å²) >= 11 is 0. The molecule has 0 aromatic rings. The van der Waals surface area contributed by atoms with Gasteiger partial charge in [-0.2, -0.15) is 0 Å². The maximum Gasteiger partial charge on any atom is 0.284 e. The minimum atomic E-state index is -1.83. The van der Waals surface area contributed by atoms with Crippen LogP contribution in [0.2, 0.25) is 0 Å². The van der Waals surface area contributed by atoms with Gasteiger partial charge in [-0.25, -0.2) is 4.39 Å². The Balaban J connectivity index is 1.54. The van der Waals surface area contributed by atoms with Gasteiger partial charge in [-0.1, -0.05) is 32.8 Å². The van der Waals surface area contributed by atoms with Crippen LogP contribution < -0.4 is 0 Å². The first-order chi connectivity index (χ1) is 16.0. The highest BCUT2D eigenvalue weighted by Gasteiger charge is 2.76. The van der Waals surface area contributed by atoms with Crippen LogP contribution in [0.5, 0.6) is 0 Å². The highest BCUT2D eigenvalue weighted by atomic mass is 19.1. The summed E-state index contributed by atoms with van der Waals surface area (Å²) in [5.74, 6) is -1.89. The maximum absolute atomic E-state index is 17.3. The molecular weight excluding hydrogens is 439 g/mol. The molecule has 3 saturated carbocycles. The van der Waals surface area contributed by atoms with Crippen LogP contribution >= 0.6 is 0 Å². The van der Waals surface area contributed by atoms with Gasteiger partial charge in [0.2, 0.25) is 0 Å². The number of aliphatic hydroxyl groups excluding tert-OH is 1. The van der Waals surface area contributed by atoms with E-state index in [1.807, 2.05) is 13.8 Å². The highest BCUT2D eigenvalue weighted by Crippen LogP contribution is 2.71. The van der Waals surface area contributed by atoms with Gasteiger partial charge in [-0.05, 0) is 56.9 Å². The maximum atomic E-state index is 17.3. The Morgan fingerprint density at radius 1 is 1.18 bits per heavy atom. The summed E-state index contributed by atoms with van der Waals surface area (Å²) in [4.78, 5) is 25.6. The molecule has 1 unspecified atom stereocenters. The third kappa shape index (κ3) is 2.93. The van der Waals surface area contributed by atoms with E-state index < -0.39 is 40.1 Å². The molecule has 190 valence electrons. The van der Waals surface area contributed by atoms with Crippen molar-refractivity contribution in [3.05, 3.63) is 11.6 Å². The van der Waals surface area contributed by atoms with Gasteiger partial charge in [0.1, 0.15) is 17.9 Å². The van der Waals surface area contributed by atoms with Gasteiger partial charge >= 0.3 is 0 Å². The molecule has 5 aliphatic rings. The molecule has 1 heterocycles. The van der Waals surface area contributed by atoms with Crippen LogP contribution in [0.15, 0.2) is 11.6 Å². The molecule has 7 heteroatoms. The number of aliphatic hydroxyl groups is 1. The third-order valence-corrected chi connectivity index (χ3v) is 10.5. The Labute approximate surface area is 201 Å². The molecule has 1 spiro atoms. The number of ether oxygens (including phenoxy) is 3. The number of fused-ring (bicyclic) bond motifs is 6. The molecule has 5 rings (SSSR count). The Bertz CT molecular complexity index is 919. The second-order valence-corrected chi connectivity index (χ2v) is 11.8. The second kappa shape index (κ2) is 7.92. The van der Waals surface area contributed by atoms with E-state index in [1.54, 1.807) is 6.08 Å². The lowest BCUT2D eigenvalue weighted by Crippen LogP contribution is -2.71. The van der Waals surface area contributed by atoms with E-state index in [4.69, 9.17) is 14.2 Å².